The van der Waals surface area contributed by atoms with Crippen molar-refractivity contribution in [3.63, 3.8) is 0 Å². The van der Waals surface area contributed by atoms with Gasteiger partial charge in [-0.25, -0.2) is 0 Å². The van der Waals surface area contributed by atoms with Gasteiger partial charge < -0.3 is 0 Å². The average Bonchev–Trinajstić information content (AvgIpc) is 2.97. The van der Waals surface area contributed by atoms with Gasteiger partial charge in [-0.3, -0.25) is 0 Å². The molecule has 6 unspecified atom stereocenters. The van der Waals surface area contributed by atoms with Gasteiger partial charge in [0.1, 0.15) is 0 Å². The van der Waals surface area contributed by atoms with E-state index in [0.717, 1.165) is 29.1 Å². The van der Waals surface area contributed by atoms with Gasteiger partial charge in [0.15, 0.2) is 0 Å². The summed E-state index contributed by atoms with van der Waals surface area (Å²) in [6, 6.07) is 0. The second-order valence-electron chi connectivity index (χ2n) is 10.4. The van der Waals surface area contributed by atoms with Gasteiger partial charge >= 0.3 is 0 Å². The van der Waals surface area contributed by atoms with Gasteiger partial charge in [0.05, 0.1) is 0 Å². The van der Waals surface area contributed by atoms with E-state index in [0.29, 0.717) is 11.3 Å². The summed E-state index contributed by atoms with van der Waals surface area (Å²) in [5.74, 6) is 4.87. The zero-order chi connectivity index (χ0) is 18.7. The minimum atomic E-state index is 0.648. The summed E-state index contributed by atoms with van der Waals surface area (Å²) >= 11 is 0. The van der Waals surface area contributed by atoms with Crippen molar-refractivity contribution in [2.24, 2.45) is 40.4 Å². The molecule has 3 saturated carbocycles. The standard InChI is InChI=1S/C20H36.C5H10/c1-5-12-20(4)15(6-2)9-10-16-17-8-7-13-19(17,3)14-11-18(16)20;1-4-5(2)3/h15-18H,5-14H2,1-4H3;4-5H,1H2,2-3H3. The zero-order valence-electron chi connectivity index (χ0n) is 18.2. The lowest BCUT2D eigenvalue weighted by Crippen LogP contribution is -2.50. The van der Waals surface area contributed by atoms with Crippen molar-refractivity contribution < 1.29 is 0 Å². The summed E-state index contributed by atoms with van der Waals surface area (Å²) < 4.78 is 0. The fourth-order valence-corrected chi connectivity index (χ4v) is 7.13. The molecule has 0 aromatic rings. The van der Waals surface area contributed by atoms with E-state index >= 15 is 0 Å². The maximum absolute atomic E-state index is 3.56. The molecule has 0 bridgehead atoms. The lowest BCUT2D eigenvalue weighted by Gasteiger charge is -2.58. The molecule has 0 aliphatic heterocycles. The Labute approximate surface area is 159 Å². The third kappa shape index (κ3) is 4.19. The molecule has 6 atom stereocenters. The van der Waals surface area contributed by atoms with Crippen molar-refractivity contribution >= 4 is 0 Å². The van der Waals surface area contributed by atoms with Crippen LogP contribution in [0.4, 0.5) is 0 Å². The maximum Gasteiger partial charge on any atom is -0.0267 e. The van der Waals surface area contributed by atoms with E-state index in [9.17, 15) is 0 Å². The molecule has 0 heterocycles. The zero-order valence-corrected chi connectivity index (χ0v) is 18.2. The summed E-state index contributed by atoms with van der Waals surface area (Å²) in [5.41, 5.74) is 1.39. The first kappa shape index (κ1) is 21.0. The highest BCUT2D eigenvalue weighted by Gasteiger charge is 2.56. The van der Waals surface area contributed by atoms with Crippen molar-refractivity contribution in [3.8, 4) is 0 Å². The quantitative estimate of drug-likeness (QED) is 0.449. The Bertz CT molecular complexity index is 422. The summed E-state index contributed by atoms with van der Waals surface area (Å²) in [4.78, 5) is 0. The first-order valence-electron chi connectivity index (χ1n) is 11.4. The van der Waals surface area contributed by atoms with Crippen LogP contribution in [0, 0.1) is 40.4 Å². The molecule has 25 heavy (non-hydrogen) atoms. The number of rotatable bonds is 4. The Morgan fingerprint density at radius 2 is 1.68 bits per heavy atom. The maximum atomic E-state index is 3.56. The first-order valence-corrected chi connectivity index (χ1v) is 11.4. The number of allylic oxidation sites excluding steroid dienone is 1. The van der Waals surface area contributed by atoms with Crippen LogP contribution in [-0.2, 0) is 0 Å². The van der Waals surface area contributed by atoms with Gasteiger partial charge in [-0.1, -0.05) is 66.9 Å². The minimum absolute atomic E-state index is 0.648. The third-order valence-electron chi connectivity index (χ3n) is 8.60. The fourth-order valence-electron chi connectivity index (χ4n) is 7.13. The van der Waals surface area contributed by atoms with Crippen LogP contribution in [0.1, 0.15) is 106 Å². The number of hydrogen-bond acceptors (Lipinski definition) is 0. The lowest BCUT2D eigenvalue weighted by molar-refractivity contribution is -0.0915. The molecule has 0 aromatic heterocycles. The molecule has 3 fully saturated rings. The first-order chi connectivity index (χ1) is 11.8. The van der Waals surface area contributed by atoms with Gasteiger partial charge in [-0.2, -0.15) is 0 Å². The van der Waals surface area contributed by atoms with Crippen molar-refractivity contribution in [1.82, 2.24) is 0 Å². The van der Waals surface area contributed by atoms with Crippen LogP contribution in [0.15, 0.2) is 12.7 Å². The van der Waals surface area contributed by atoms with Gasteiger partial charge in [0.25, 0.3) is 0 Å². The molecule has 3 rings (SSSR count). The molecular weight excluding hydrogens is 300 g/mol. The molecule has 0 saturated heterocycles. The smallest absolute Gasteiger partial charge is 0.0267 e. The normalized spacial score (nSPS) is 43.0. The van der Waals surface area contributed by atoms with Crippen molar-refractivity contribution in [2.45, 2.75) is 106 Å². The molecule has 0 aromatic carbocycles. The Balaban J connectivity index is 0.000000399. The van der Waals surface area contributed by atoms with Crippen LogP contribution in [0.3, 0.4) is 0 Å². The molecular formula is C25H46. The van der Waals surface area contributed by atoms with Gasteiger partial charge in [-0.05, 0) is 85.4 Å². The van der Waals surface area contributed by atoms with Crippen molar-refractivity contribution in [3.05, 3.63) is 12.7 Å². The Morgan fingerprint density at radius 1 is 1.00 bits per heavy atom. The minimum Gasteiger partial charge on any atom is -0.103 e. The molecule has 0 spiro atoms. The van der Waals surface area contributed by atoms with Crippen LogP contribution in [0.5, 0.6) is 0 Å². The highest BCUT2D eigenvalue weighted by atomic mass is 14.6. The molecule has 0 amide bonds. The second kappa shape index (κ2) is 8.62. The molecule has 0 radical (unpaired) electrons. The summed E-state index contributed by atoms with van der Waals surface area (Å²) in [6.07, 6.45) is 17.0. The molecule has 0 heteroatoms. The topological polar surface area (TPSA) is 0 Å². The SMILES string of the molecule is C=CC(C)C.CCCC1(C)C(CC)CCC2C3CCCC3(C)CCC21. The van der Waals surface area contributed by atoms with Crippen LogP contribution in [-0.4, -0.2) is 0 Å². The molecule has 3 aliphatic carbocycles. The second-order valence-corrected chi connectivity index (χ2v) is 10.4. The van der Waals surface area contributed by atoms with Crippen molar-refractivity contribution in [1.29, 1.82) is 0 Å². The van der Waals surface area contributed by atoms with Gasteiger partial charge in [-0.15, -0.1) is 6.58 Å². The number of fused-ring (bicyclic) bond motifs is 3. The Kier molecular flexibility index (Phi) is 7.26. The van der Waals surface area contributed by atoms with Crippen LogP contribution in [0.25, 0.3) is 0 Å². The predicted molar refractivity (Wildman–Crippen MR) is 113 cm³/mol. The van der Waals surface area contributed by atoms with E-state index in [2.05, 4.69) is 48.1 Å². The van der Waals surface area contributed by atoms with Crippen LogP contribution < -0.4 is 0 Å². The van der Waals surface area contributed by atoms with E-state index in [1.807, 2.05) is 6.08 Å². The highest BCUT2D eigenvalue weighted by molar-refractivity contribution is 5.05. The van der Waals surface area contributed by atoms with E-state index in [-0.39, 0.29) is 0 Å². The monoisotopic (exact) mass is 346 g/mol. The van der Waals surface area contributed by atoms with E-state index in [1.54, 1.807) is 19.3 Å². The molecule has 0 N–H and O–H groups in total. The van der Waals surface area contributed by atoms with Crippen LogP contribution in [0.2, 0.25) is 0 Å². The summed E-state index contributed by atoms with van der Waals surface area (Å²) in [6.45, 7) is 17.9. The summed E-state index contributed by atoms with van der Waals surface area (Å²) in [7, 11) is 0. The third-order valence-corrected chi connectivity index (χ3v) is 8.60. The molecule has 0 nitrogen and oxygen atoms in total. The van der Waals surface area contributed by atoms with E-state index in [4.69, 9.17) is 0 Å². The lowest BCUT2D eigenvalue weighted by atomic mass is 9.47. The van der Waals surface area contributed by atoms with Gasteiger partial charge in [0, 0.05) is 0 Å². The fraction of sp³-hybridized carbons (Fsp3) is 0.920. The molecule has 146 valence electrons. The van der Waals surface area contributed by atoms with E-state index < -0.39 is 0 Å². The van der Waals surface area contributed by atoms with E-state index in [1.165, 1.54) is 44.9 Å². The Morgan fingerprint density at radius 3 is 2.24 bits per heavy atom. The van der Waals surface area contributed by atoms with Crippen molar-refractivity contribution in [2.75, 3.05) is 0 Å². The largest absolute Gasteiger partial charge is 0.103 e. The summed E-state index contributed by atoms with van der Waals surface area (Å²) in [5, 5.41) is 0. The Hall–Kier alpha value is -0.260. The van der Waals surface area contributed by atoms with Gasteiger partial charge in [0.2, 0.25) is 0 Å². The molecule has 3 aliphatic rings. The average molecular weight is 347 g/mol. The highest BCUT2D eigenvalue weighted by Crippen LogP contribution is 2.65. The predicted octanol–water partition coefficient (Wildman–Crippen LogP) is 8.27. The number of hydrogen-bond donors (Lipinski definition) is 0. The van der Waals surface area contributed by atoms with Crippen LogP contribution >= 0.6 is 0 Å².